The molecule has 0 unspecified atom stereocenters. The summed E-state index contributed by atoms with van der Waals surface area (Å²) in [6.45, 7) is 3.11. The fourth-order valence-electron chi connectivity index (χ4n) is 3.35. The summed E-state index contributed by atoms with van der Waals surface area (Å²) in [4.78, 5) is 10.7. The first-order chi connectivity index (χ1) is 13.1. The maximum absolute atomic E-state index is 12.9. The SMILES string of the molecule is NC=C(C=NCc1ccc(F)cn1)CN1CCC(c2cccc(O)c2)CC1. The van der Waals surface area contributed by atoms with E-state index in [1.807, 2.05) is 12.1 Å². The Hall–Kier alpha value is -2.73. The van der Waals surface area contributed by atoms with E-state index in [1.165, 1.54) is 17.8 Å². The van der Waals surface area contributed by atoms with E-state index >= 15 is 0 Å². The number of rotatable bonds is 6. The third-order valence-electron chi connectivity index (χ3n) is 4.85. The van der Waals surface area contributed by atoms with Crippen molar-refractivity contribution in [3.8, 4) is 5.75 Å². The van der Waals surface area contributed by atoms with Crippen LogP contribution in [-0.2, 0) is 6.54 Å². The van der Waals surface area contributed by atoms with E-state index in [-0.39, 0.29) is 5.82 Å². The first-order valence-corrected chi connectivity index (χ1v) is 9.16. The molecule has 1 fully saturated rings. The Morgan fingerprint density at radius 2 is 2.11 bits per heavy atom. The summed E-state index contributed by atoms with van der Waals surface area (Å²) in [5.74, 6) is 0.464. The third-order valence-corrected chi connectivity index (χ3v) is 4.85. The average Bonchev–Trinajstić information content (AvgIpc) is 2.69. The number of piperidine rings is 1. The molecule has 0 radical (unpaired) electrons. The molecule has 1 aliphatic rings. The van der Waals surface area contributed by atoms with Gasteiger partial charge in [0.05, 0.1) is 18.4 Å². The van der Waals surface area contributed by atoms with Crippen molar-refractivity contribution in [1.29, 1.82) is 0 Å². The lowest BCUT2D eigenvalue weighted by atomic mass is 9.89. The Bertz CT molecular complexity index is 796. The van der Waals surface area contributed by atoms with Crippen molar-refractivity contribution in [2.24, 2.45) is 10.7 Å². The van der Waals surface area contributed by atoms with Crippen molar-refractivity contribution in [1.82, 2.24) is 9.88 Å². The number of hydrogen-bond donors (Lipinski definition) is 2. The minimum Gasteiger partial charge on any atom is -0.508 e. The van der Waals surface area contributed by atoms with Crippen LogP contribution in [0.5, 0.6) is 5.75 Å². The van der Waals surface area contributed by atoms with Gasteiger partial charge >= 0.3 is 0 Å². The lowest BCUT2D eigenvalue weighted by Gasteiger charge is -2.32. The van der Waals surface area contributed by atoms with Crippen molar-refractivity contribution in [2.75, 3.05) is 19.6 Å². The summed E-state index contributed by atoms with van der Waals surface area (Å²) < 4.78 is 12.9. The zero-order chi connectivity index (χ0) is 19.1. The molecule has 2 aromatic rings. The minimum atomic E-state index is -0.348. The quantitative estimate of drug-likeness (QED) is 0.768. The zero-order valence-corrected chi connectivity index (χ0v) is 15.3. The molecular formula is C21H25FN4O. The summed E-state index contributed by atoms with van der Waals surface area (Å²) in [7, 11) is 0. The number of nitrogens with two attached hydrogens (primary N) is 1. The molecule has 27 heavy (non-hydrogen) atoms. The lowest BCUT2D eigenvalue weighted by molar-refractivity contribution is 0.230. The van der Waals surface area contributed by atoms with E-state index in [9.17, 15) is 9.50 Å². The van der Waals surface area contributed by atoms with Gasteiger partial charge in [0.1, 0.15) is 11.6 Å². The van der Waals surface area contributed by atoms with Gasteiger partial charge in [0, 0.05) is 12.8 Å². The molecule has 0 saturated carbocycles. The summed E-state index contributed by atoms with van der Waals surface area (Å²) in [6, 6.07) is 10.6. The van der Waals surface area contributed by atoms with E-state index in [4.69, 9.17) is 5.73 Å². The second kappa shape index (κ2) is 9.28. The van der Waals surface area contributed by atoms with E-state index in [2.05, 4.69) is 20.9 Å². The van der Waals surface area contributed by atoms with E-state index in [1.54, 1.807) is 24.5 Å². The predicted molar refractivity (Wildman–Crippen MR) is 105 cm³/mol. The Morgan fingerprint density at radius 1 is 1.30 bits per heavy atom. The molecule has 0 amide bonds. The predicted octanol–water partition coefficient (Wildman–Crippen LogP) is 3.22. The number of aromatic hydroxyl groups is 1. The maximum Gasteiger partial charge on any atom is 0.141 e. The molecule has 2 heterocycles. The largest absolute Gasteiger partial charge is 0.508 e. The number of halogens is 1. The summed E-state index contributed by atoms with van der Waals surface area (Å²) in [6.07, 6.45) is 6.66. The number of hydrogen-bond acceptors (Lipinski definition) is 5. The van der Waals surface area contributed by atoms with Crippen molar-refractivity contribution in [3.63, 3.8) is 0 Å². The minimum absolute atomic E-state index is 0.329. The van der Waals surface area contributed by atoms with Gasteiger partial charge in [-0.15, -0.1) is 0 Å². The number of phenolic OH excluding ortho intramolecular Hbond substituents is 1. The number of phenols is 1. The number of likely N-dealkylation sites (tertiary alicyclic amines) is 1. The number of nitrogens with zero attached hydrogens (tertiary/aromatic N) is 3. The van der Waals surface area contributed by atoms with Crippen LogP contribution >= 0.6 is 0 Å². The van der Waals surface area contributed by atoms with Gasteiger partial charge in [0.25, 0.3) is 0 Å². The van der Waals surface area contributed by atoms with Crippen LogP contribution in [0.15, 0.2) is 59.4 Å². The van der Waals surface area contributed by atoms with Gasteiger partial charge < -0.3 is 10.8 Å². The highest BCUT2D eigenvalue weighted by Gasteiger charge is 2.21. The average molecular weight is 368 g/mol. The van der Waals surface area contributed by atoms with Crippen LogP contribution < -0.4 is 5.73 Å². The molecule has 0 bridgehead atoms. The molecule has 0 aliphatic carbocycles. The Kier molecular flexibility index (Phi) is 6.54. The smallest absolute Gasteiger partial charge is 0.141 e. The van der Waals surface area contributed by atoms with Crippen LogP contribution in [-0.4, -0.2) is 40.8 Å². The van der Waals surface area contributed by atoms with Gasteiger partial charge in [-0.3, -0.25) is 14.9 Å². The molecule has 5 nitrogen and oxygen atoms in total. The van der Waals surface area contributed by atoms with Gasteiger partial charge in [-0.25, -0.2) is 4.39 Å². The van der Waals surface area contributed by atoms with Crippen molar-refractivity contribution in [3.05, 3.63) is 71.4 Å². The zero-order valence-electron chi connectivity index (χ0n) is 15.3. The molecule has 0 spiro atoms. The van der Waals surface area contributed by atoms with Crippen LogP contribution in [0.2, 0.25) is 0 Å². The monoisotopic (exact) mass is 368 g/mol. The molecular weight excluding hydrogens is 343 g/mol. The summed E-state index contributed by atoms with van der Waals surface area (Å²) in [5, 5.41) is 9.66. The van der Waals surface area contributed by atoms with Crippen molar-refractivity contribution in [2.45, 2.75) is 25.3 Å². The van der Waals surface area contributed by atoms with Gasteiger partial charge in [-0.05, 0) is 73.5 Å². The topological polar surface area (TPSA) is 74.7 Å². The number of benzene rings is 1. The number of aliphatic imine (C=N–C) groups is 1. The normalized spacial score (nSPS) is 16.9. The van der Waals surface area contributed by atoms with Gasteiger partial charge in [0.2, 0.25) is 0 Å². The van der Waals surface area contributed by atoms with Gasteiger partial charge in [-0.2, -0.15) is 0 Å². The molecule has 142 valence electrons. The highest BCUT2D eigenvalue weighted by atomic mass is 19.1. The molecule has 0 atom stereocenters. The number of aromatic nitrogens is 1. The second-order valence-electron chi connectivity index (χ2n) is 6.82. The fourth-order valence-corrected chi connectivity index (χ4v) is 3.35. The van der Waals surface area contributed by atoms with Gasteiger partial charge in [-0.1, -0.05) is 12.1 Å². The van der Waals surface area contributed by atoms with Crippen LogP contribution in [0.1, 0.15) is 30.0 Å². The summed E-state index contributed by atoms with van der Waals surface area (Å²) in [5.41, 5.74) is 8.63. The standard InChI is InChI=1S/C21H25FN4O/c22-19-4-5-20(25-13-19)14-24-12-16(11-23)15-26-8-6-17(7-9-26)18-2-1-3-21(27)10-18/h1-5,10-13,17,27H,6-9,14-15,23H2. The van der Waals surface area contributed by atoms with Crippen LogP contribution in [0.3, 0.4) is 0 Å². The van der Waals surface area contributed by atoms with Gasteiger partial charge in [0.15, 0.2) is 0 Å². The number of pyridine rings is 1. The Labute approximate surface area is 159 Å². The molecule has 1 aromatic heterocycles. The van der Waals surface area contributed by atoms with Crippen LogP contribution in [0, 0.1) is 5.82 Å². The van der Waals surface area contributed by atoms with Crippen molar-refractivity contribution < 1.29 is 9.50 Å². The second-order valence-corrected chi connectivity index (χ2v) is 6.82. The summed E-state index contributed by atoms with van der Waals surface area (Å²) >= 11 is 0. The van der Waals surface area contributed by atoms with E-state index in [0.717, 1.165) is 43.7 Å². The lowest BCUT2D eigenvalue weighted by Crippen LogP contribution is -2.34. The molecule has 6 heteroatoms. The molecule has 1 saturated heterocycles. The highest BCUT2D eigenvalue weighted by Crippen LogP contribution is 2.29. The van der Waals surface area contributed by atoms with Crippen LogP contribution in [0.25, 0.3) is 0 Å². The Balaban J connectivity index is 1.48. The van der Waals surface area contributed by atoms with Crippen LogP contribution in [0.4, 0.5) is 4.39 Å². The Morgan fingerprint density at radius 3 is 2.78 bits per heavy atom. The van der Waals surface area contributed by atoms with Crippen molar-refractivity contribution >= 4 is 6.21 Å². The van der Waals surface area contributed by atoms with E-state index in [0.29, 0.717) is 18.2 Å². The third kappa shape index (κ3) is 5.62. The fraction of sp³-hybridized carbons (Fsp3) is 0.333. The first kappa shape index (κ1) is 19.0. The molecule has 3 N–H and O–H groups in total. The molecule has 1 aromatic carbocycles. The highest BCUT2D eigenvalue weighted by molar-refractivity contribution is 5.78. The molecule has 3 rings (SSSR count). The molecule has 1 aliphatic heterocycles. The first-order valence-electron chi connectivity index (χ1n) is 9.16. The van der Waals surface area contributed by atoms with E-state index < -0.39 is 0 Å². The maximum atomic E-state index is 12.9.